The van der Waals surface area contributed by atoms with E-state index in [1.165, 1.54) is 0 Å². The van der Waals surface area contributed by atoms with E-state index in [0.717, 1.165) is 22.4 Å². The first kappa shape index (κ1) is 11.4. The van der Waals surface area contributed by atoms with Crippen molar-refractivity contribution in [1.82, 2.24) is 4.98 Å². The van der Waals surface area contributed by atoms with Crippen LogP contribution in [0.15, 0.2) is 35.1 Å². The highest BCUT2D eigenvalue weighted by Crippen LogP contribution is 2.35. The second kappa shape index (κ2) is 4.44. The lowest BCUT2D eigenvalue weighted by atomic mass is 10.0. The van der Waals surface area contributed by atoms with Crippen molar-refractivity contribution in [2.75, 3.05) is 5.73 Å². The number of halogens is 2. The Kier molecular flexibility index (Phi) is 3.17. The van der Waals surface area contributed by atoms with Crippen LogP contribution in [0.25, 0.3) is 11.1 Å². The molecular formula is C12H10BrClN2. The highest BCUT2D eigenvalue weighted by Gasteiger charge is 2.10. The monoisotopic (exact) mass is 296 g/mol. The third-order valence-corrected chi connectivity index (χ3v) is 3.72. The molecule has 0 aliphatic rings. The normalized spacial score (nSPS) is 10.4. The van der Waals surface area contributed by atoms with Gasteiger partial charge in [0.15, 0.2) is 0 Å². The van der Waals surface area contributed by atoms with Crippen molar-refractivity contribution in [2.45, 2.75) is 6.92 Å². The van der Waals surface area contributed by atoms with E-state index in [0.29, 0.717) is 9.63 Å². The average molecular weight is 298 g/mol. The molecule has 82 valence electrons. The molecule has 1 aromatic carbocycles. The second-order valence-electron chi connectivity index (χ2n) is 3.48. The largest absolute Gasteiger partial charge is 0.398 e. The summed E-state index contributed by atoms with van der Waals surface area (Å²) in [6.45, 7) is 1.98. The molecule has 0 unspecified atom stereocenters. The summed E-state index contributed by atoms with van der Waals surface area (Å²) in [7, 11) is 0. The SMILES string of the molecule is Cc1c(N)cccc1-c1ccnc(Br)c1Cl. The molecule has 1 aromatic heterocycles. The van der Waals surface area contributed by atoms with Crippen LogP contribution in [0.5, 0.6) is 0 Å². The van der Waals surface area contributed by atoms with E-state index in [-0.39, 0.29) is 0 Å². The van der Waals surface area contributed by atoms with Crippen molar-refractivity contribution in [3.63, 3.8) is 0 Å². The Labute approximate surface area is 108 Å². The quantitative estimate of drug-likeness (QED) is 0.637. The fourth-order valence-corrected chi connectivity index (χ4v) is 2.12. The Morgan fingerprint density at radius 1 is 1.25 bits per heavy atom. The van der Waals surface area contributed by atoms with Gasteiger partial charge in [-0.15, -0.1) is 0 Å². The number of pyridine rings is 1. The molecule has 0 bridgehead atoms. The summed E-state index contributed by atoms with van der Waals surface area (Å²) in [6.07, 6.45) is 1.72. The number of hydrogen-bond donors (Lipinski definition) is 1. The maximum atomic E-state index is 6.20. The van der Waals surface area contributed by atoms with Gasteiger partial charge in [-0.05, 0) is 46.1 Å². The van der Waals surface area contributed by atoms with Gasteiger partial charge in [0.05, 0.1) is 5.02 Å². The number of rotatable bonds is 1. The molecule has 2 rings (SSSR count). The number of hydrogen-bond acceptors (Lipinski definition) is 2. The fraction of sp³-hybridized carbons (Fsp3) is 0.0833. The molecule has 0 atom stereocenters. The molecular weight excluding hydrogens is 288 g/mol. The van der Waals surface area contributed by atoms with Gasteiger partial charge < -0.3 is 5.73 Å². The molecule has 1 heterocycles. The summed E-state index contributed by atoms with van der Waals surface area (Å²) < 4.78 is 0.647. The van der Waals surface area contributed by atoms with Crippen LogP contribution >= 0.6 is 27.5 Å². The van der Waals surface area contributed by atoms with Crippen LogP contribution in [0.3, 0.4) is 0 Å². The highest BCUT2D eigenvalue weighted by molar-refractivity contribution is 9.10. The lowest BCUT2D eigenvalue weighted by Crippen LogP contribution is -1.93. The second-order valence-corrected chi connectivity index (χ2v) is 4.61. The zero-order valence-corrected chi connectivity index (χ0v) is 11.0. The molecule has 0 spiro atoms. The zero-order chi connectivity index (χ0) is 11.7. The molecule has 2 nitrogen and oxygen atoms in total. The van der Waals surface area contributed by atoms with Crippen LogP contribution in [0, 0.1) is 6.92 Å². The van der Waals surface area contributed by atoms with Crippen LogP contribution < -0.4 is 5.73 Å². The molecule has 0 aliphatic heterocycles. The van der Waals surface area contributed by atoms with Gasteiger partial charge >= 0.3 is 0 Å². The molecule has 0 amide bonds. The molecule has 2 aromatic rings. The van der Waals surface area contributed by atoms with Crippen LogP contribution in [-0.2, 0) is 0 Å². The Morgan fingerprint density at radius 3 is 2.75 bits per heavy atom. The van der Waals surface area contributed by atoms with Crippen molar-refractivity contribution in [3.05, 3.63) is 45.7 Å². The van der Waals surface area contributed by atoms with Crippen molar-refractivity contribution in [1.29, 1.82) is 0 Å². The molecule has 4 heteroatoms. The van der Waals surface area contributed by atoms with Gasteiger partial charge in [0.25, 0.3) is 0 Å². The fourth-order valence-electron chi connectivity index (χ4n) is 1.57. The topological polar surface area (TPSA) is 38.9 Å². The summed E-state index contributed by atoms with van der Waals surface area (Å²) in [5.41, 5.74) is 9.64. The van der Waals surface area contributed by atoms with E-state index in [1.54, 1.807) is 6.20 Å². The van der Waals surface area contributed by atoms with Crippen molar-refractivity contribution >= 4 is 33.2 Å². The van der Waals surface area contributed by atoms with Crippen molar-refractivity contribution in [3.8, 4) is 11.1 Å². The van der Waals surface area contributed by atoms with Crippen LogP contribution in [0.4, 0.5) is 5.69 Å². The minimum absolute atomic E-state index is 0.608. The maximum Gasteiger partial charge on any atom is 0.125 e. The molecule has 0 fully saturated rings. The minimum Gasteiger partial charge on any atom is -0.398 e. The number of nitrogens with zero attached hydrogens (tertiary/aromatic N) is 1. The van der Waals surface area contributed by atoms with Gasteiger partial charge in [0.2, 0.25) is 0 Å². The molecule has 0 aliphatic carbocycles. The summed E-state index contributed by atoms with van der Waals surface area (Å²) in [4.78, 5) is 4.07. The van der Waals surface area contributed by atoms with E-state index in [4.69, 9.17) is 17.3 Å². The van der Waals surface area contributed by atoms with Gasteiger partial charge in [0, 0.05) is 17.4 Å². The zero-order valence-electron chi connectivity index (χ0n) is 8.67. The minimum atomic E-state index is 0.608. The average Bonchev–Trinajstić information content (AvgIpc) is 2.27. The Morgan fingerprint density at radius 2 is 2.00 bits per heavy atom. The molecule has 0 radical (unpaired) electrons. The molecule has 2 N–H and O–H groups in total. The third kappa shape index (κ3) is 1.93. The third-order valence-electron chi connectivity index (χ3n) is 2.51. The lowest BCUT2D eigenvalue weighted by molar-refractivity contribution is 1.27. The summed E-state index contributed by atoms with van der Waals surface area (Å²) >= 11 is 9.51. The smallest absolute Gasteiger partial charge is 0.125 e. The van der Waals surface area contributed by atoms with Crippen molar-refractivity contribution < 1.29 is 0 Å². The standard InChI is InChI=1S/C12H10BrClN2/c1-7-8(3-2-4-10(7)15)9-5-6-16-12(13)11(9)14/h2-6H,15H2,1H3. The predicted octanol–water partition coefficient (Wildman–Crippen LogP) is 4.06. The van der Waals surface area contributed by atoms with Gasteiger partial charge in [-0.25, -0.2) is 4.98 Å². The van der Waals surface area contributed by atoms with E-state index in [2.05, 4.69) is 20.9 Å². The number of aromatic nitrogens is 1. The van der Waals surface area contributed by atoms with Crippen LogP contribution in [0.1, 0.15) is 5.56 Å². The number of nitrogen functional groups attached to an aromatic ring is 1. The van der Waals surface area contributed by atoms with Crippen molar-refractivity contribution in [2.24, 2.45) is 0 Å². The first-order valence-electron chi connectivity index (χ1n) is 4.76. The van der Waals surface area contributed by atoms with Gasteiger partial charge in [-0.2, -0.15) is 0 Å². The van der Waals surface area contributed by atoms with E-state index in [1.807, 2.05) is 31.2 Å². The number of nitrogens with two attached hydrogens (primary N) is 1. The first-order chi connectivity index (χ1) is 7.61. The Bertz CT molecular complexity index is 491. The summed E-state index contributed by atoms with van der Waals surface area (Å²) in [5.74, 6) is 0. The Balaban J connectivity index is 2.68. The highest BCUT2D eigenvalue weighted by atomic mass is 79.9. The molecule has 16 heavy (non-hydrogen) atoms. The molecule has 0 saturated heterocycles. The van der Waals surface area contributed by atoms with Crippen LogP contribution in [0.2, 0.25) is 5.02 Å². The van der Waals surface area contributed by atoms with Gasteiger partial charge in [0.1, 0.15) is 4.60 Å². The summed E-state index contributed by atoms with van der Waals surface area (Å²) in [6, 6.07) is 7.68. The molecule has 0 saturated carbocycles. The van der Waals surface area contributed by atoms with Gasteiger partial charge in [-0.1, -0.05) is 23.7 Å². The number of benzene rings is 1. The maximum absolute atomic E-state index is 6.20. The summed E-state index contributed by atoms with van der Waals surface area (Å²) in [5, 5.41) is 0.608. The van der Waals surface area contributed by atoms with E-state index < -0.39 is 0 Å². The van der Waals surface area contributed by atoms with E-state index in [9.17, 15) is 0 Å². The first-order valence-corrected chi connectivity index (χ1v) is 5.94. The Hall–Kier alpha value is -1.06. The van der Waals surface area contributed by atoms with Crippen LogP contribution in [-0.4, -0.2) is 4.98 Å². The predicted molar refractivity (Wildman–Crippen MR) is 71.5 cm³/mol. The van der Waals surface area contributed by atoms with Gasteiger partial charge in [-0.3, -0.25) is 0 Å². The number of anilines is 1. The van der Waals surface area contributed by atoms with E-state index >= 15 is 0 Å². The lowest BCUT2D eigenvalue weighted by Gasteiger charge is -2.10.